The number of azide groups is 1. The highest BCUT2D eigenvalue weighted by molar-refractivity contribution is 5.81. The molecule has 1 aromatic rings. The van der Waals surface area contributed by atoms with Gasteiger partial charge in [0.25, 0.3) is 0 Å². The average molecular weight is 263 g/mol. The minimum absolute atomic E-state index is 0.257. The number of carbonyl (C=O) groups is 1. The van der Waals surface area contributed by atoms with Gasteiger partial charge in [0, 0.05) is 25.1 Å². The Morgan fingerprint density at radius 1 is 1.58 bits per heavy atom. The number of amides is 1. The highest BCUT2D eigenvalue weighted by Gasteiger charge is 2.19. The number of methoxy groups -OCH3 is 1. The summed E-state index contributed by atoms with van der Waals surface area (Å²) in [6, 6.07) is 6.78. The Morgan fingerprint density at radius 3 is 2.95 bits per heavy atom. The first-order valence-corrected chi connectivity index (χ1v) is 5.81. The first kappa shape index (κ1) is 15.0. The van der Waals surface area contributed by atoms with Gasteiger partial charge < -0.3 is 15.8 Å². The molecule has 0 saturated heterocycles. The zero-order valence-corrected chi connectivity index (χ0v) is 10.7. The summed E-state index contributed by atoms with van der Waals surface area (Å²) >= 11 is 0. The van der Waals surface area contributed by atoms with E-state index in [4.69, 9.17) is 16.0 Å². The number of ether oxygens (including phenoxy) is 1. The van der Waals surface area contributed by atoms with Crippen LogP contribution in [0.25, 0.3) is 10.4 Å². The molecule has 0 fully saturated rings. The number of benzene rings is 1. The highest BCUT2D eigenvalue weighted by Crippen LogP contribution is 2.18. The Labute approximate surface area is 111 Å². The van der Waals surface area contributed by atoms with Gasteiger partial charge in [0.05, 0.1) is 6.61 Å². The zero-order chi connectivity index (χ0) is 14.1. The van der Waals surface area contributed by atoms with E-state index in [-0.39, 0.29) is 6.54 Å². The molecule has 1 atom stereocenters. The molecule has 0 aliphatic rings. The van der Waals surface area contributed by atoms with E-state index in [1.54, 1.807) is 7.11 Å². The quantitative estimate of drug-likeness (QED) is 0.318. The van der Waals surface area contributed by atoms with Crippen molar-refractivity contribution in [2.24, 2.45) is 10.8 Å². The largest absolute Gasteiger partial charge is 0.380 e. The summed E-state index contributed by atoms with van der Waals surface area (Å²) in [6.07, 6.45) is 0. The summed E-state index contributed by atoms with van der Waals surface area (Å²) in [6.45, 7) is 1.03. The van der Waals surface area contributed by atoms with Gasteiger partial charge >= 0.3 is 0 Å². The molecule has 0 saturated carbocycles. The number of primary amides is 1. The van der Waals surface area contributed by atoms with E-state index in [9.17, 15) is 4.79 Å². The van der Waals surface area contributed by atoms with Crippen LogP contribution in [-0.4, -0.2) is 26.1 Å². The smallest absolute Gasteiger partial charge is 0.239 e. The van der Waals surface area contributed by atoms with E-state index in [1.165, 1.54) is 0 Å². The standard InChI is InChI=1S/C12H17N5O2/c1-19-8-9-4-2-3-5-10(9)11(12(13)18)15-6-7-16-17-14/h2-5,11,15H,6-8H2,1H3,(H2,13,18). The van der Waals surface area contributed by atoms with Crippen molar-refractivity contribution in [1.82, 2.24) is 5.32 Å². The Hall–Kier alpha value is -2.08. The second kappa shape index (κ2) is 8.10. The Kier molecular flexibility index (Phi) is 6.38. The van der Waals surface area contributed by atoms with Crippen LogP contribution < -0.4 is 11.1 Å². The molecule has 0 spiro atoms. The lowest BCUT2D eigenvalue weighted by Crippen LogP contribution is -2.35. The number of nitrogens with zero attached hydrogens (tertiary/aromatic N) is 3. The third-order valence-corrected chi connectivity index (χ3v) is 2.57. The minimum Gasteiger partial charge on any atom is -0.380 e. The van der Waals surface area contributed by atoms with Crippen molar-refractivity contribution in [2.75, 3.05) is 20.2 Å². The lowest BCUT2D eigenvalue weighted by Gasteiger charge is -2.18. The summed E-state index contributed by atoms with van der Waals surface area (Å²) < 4.78 is 5.10. The van der Waals surface area contributed by atoms with Gasteiger partial charge in [0.15, 0.2) is 0 Å². The molecule has 7 heteroatoms. The molecule has 0 heterocycles. The van der Waals surface area contributed by atoms with Crippen molar-refractivity contribution in [3.8, 4) is 0 Å². The SMILES string of the molecule is COCc1ccccc1C(NCCN=[N+]=[N-])C(N)=O. The fourth-order valence-corrected chi connectivity index (χ4v) is 1.77. The van der Waals surface area contributed by atoms with Gasteiger partial charge in [-0.1, -0.05) is 29.4 Å². The normalized spacial score (nSPS) is 11.6. The van der Waals surface area contributed by atoms with E-state index in [2.05, 4.69) is 15.3 Å². The van der Waals surface area contributed by atoms with Gasteiger partial charge in [-0.25, -0.2) is 0 Å². The third kappa shape index (κ3) is 4.59. The Bertz CT molecular complexity index is 471. The maximum absolute atomic E-state index is 11.5. The third-order valence-electron chi connectivity index (χ3n) is 2.57. The molecule has 102 valence electrons. The van der Waals surface area contributed by atoms with Crippen molar-refractivity contribution in [2.45, 2.75) is 12.6 Å². The number of rotatable bonds is 8. The minimum atomic E-state index is -0.625. The molecule has 19 heavy (non-hydrogen) atoms. The van der Waals surface area contributed by atoms with Crippen molar-refractivity contribution >= 4 is 5.91 Å². The van der Waals surface area contributed by atoms with E-state index in [0.29, 0.717) is 13.2 Å². The number of hydrogen-bond donors (Lipinski definition) is 2. The van der Waals surface area contributed by atoms with Gasteiger partial charge in [-0.05, 0) is 16.7 Å². The molecule has 0 aliphatic carbocycles. The summed E-state index contributed by atoms with van der Waals surface area (Å²) in [5.74, 6) is -0.482. The van der Waals surface area contributed by atoms with Crippen molar-refractivity contribution in [3.05, 3.63) is 45.8 Å². The topological polar surface area (TPSA) is 113 Å². The highest BCUT2D eigenvalue weighted by atomic mass is 16.5. The molecular weight excluding hydrogens is 246 g/mol. The first-order valence-electron chi connectivity index (χ1n) is 5.81. The molecular formula is C12H17N5O2. The van der Waals surface area contributed by atoms with E-state index >= 15 is 0 Å². The molecule has 1 amide bonds. The molecule has 3 N–H and O–H groups in total. The number of nitrogens with one attached hydrogen (secondary N) is 1. The van der Waals surface area contributed by atoms with Gasteiger partial charge in [-0.15, -0.1) is 0 Å². The summed E-state index contributed by atoms with van der Waals surface area (Å²) in [5.41, 5.74) is 15.3. The maximum atomic E-state index is 11.5. The van der Waals surface area contributed by atoms with Crippen LogP contribution in [0.3, 0.4) is 0 Å². The fraction of sp³-hybridized carbons (Fsp3) is 0.417. The molecule has 0 aliphatic heterocycles. The Morgan fingerprint density at radius 2 is 2.32 bits per heavy atom. The van der Waals surface area contributed by atoms with Gasteiger partial charge in [-0.2, -0.15) is 0 Å². The predicted molar refractivity (Wildman–Crippen MR) is 71.1 cm³/mol. The van der Waals surface area contributed by atoms with Gasteiger partial charge in [0.2, 0.25) is 5.91 Å². The predicted octanol–water partition coefficient (Wildman–Crippen LogP) is 1.26. The number of nitrogens with two attached hydrogens (primary N) is 1. The Balaban J connectivity index is 2.86. The van der Waals surface area contributed by atoms with Crippen LogP contribution in [0.1, 0.15) is 17.2 Å². The van der Waals surface area contributed by atoms with Gasteiger partial charge in [0.1, 0.15) is 6.04 Å². The van der Waals surface area contributed by atoms with Crippen LogP contribution in [0.15, 0.2) is 29.4 Å². The zero-order valence-electron chi connectivity index (χ0n) is 10.7. The molecule has 1 unspecified atom stereocenters. The van der Waals surface area contributed by atoms with Crippen LogP contribution in [0.5, 0.6) is 0 Å². The van der Waals surface area contributed by atoms with Gasteiger partial charge in [-0.3, -0.25) is 4.79 Å². The van der Waals surface area contributed by atoms with Crippen LogP contribution >= 0.6 is 0 Å². The lowest BCUT2D eigenvalue weighted by atomic mass is 10.00. The van der Waals surface area contributed by atoms with E-state index in [0.717, 1.165) is 11.1 Å². The molecule has 0 radical (unpaired) electrons. The maximum Gasteiger partial charge on any atom is 0.239 e. The summed E-state index contributed by atoms with van der Waals surface area (Å²) in [5, 5.41) is 6.37. The fourth-order valence-electron chi connectivity index (χ4n) is 1.77. The van der Waals surface area contributed by atoms with Crippen molar-refractivity contribution in [1.29, 1.82) is 0 Å². The second-order valence-corrected chi connectivity index (χ2v) is 3.88. The summed E-state index contributed by atoms with van der Waals surface area (Å²) in [7, 11) is 1.59. The van der Waals surface area contributed by atoms with Crippen LogP contribution in [0, 0.1) is 0 Å². The lowest BCUT2D eigenvalue weighted by molar-refractivity contribution is -0.120. The molecule has 0 bridgehead atoms. The van der Waals surface area contributed by atoms with E-state index in [1.807, 2.05) is 24.3 Å². The van der Waals surface area contributed by atoms with Crippen molar-refractivity contribution in [3.63, 3.8) is 0 Å². The molecule has 1 rings (SSSR count). The molecule has 7 nitrogen and oxygen atoms in total. The second-order valence-electron chi connectivity index (χ2n) is 3.88. The van der Waals surface area contributed by atoms with E-state index < -0.39 is 11.9 Å². The summed E-state index contributed by atoms with van der Waals surface area (Å²) in [4.78, 5) is 14.2. The monoisotopic (exact) mass is 263 g/mol. The molecule has 0 aromatic heterocycles. The van der Waals surface area contributed by atoms with Crippen LogP contribution in [-0.2, 0) is 16.1 Å². The number of carbonyl (C=O) groups excluding carboxylic acids is 1. The molecule has 1 aromatic carbocycles. The number of hydrogen-bond acceptors (Lipinski definition) is 4. The van der Waals surface area contributed by atoms with Crippen molar-refractivity contribution < 1.29 is 9.53 Å². The van der Waals surface area contributed by atoms with Crippen LogP contribution in [0.4, 0.5) is 0 Å². The average Bonchev–Trinajstić information content (AvgIpc) is 2.40. The van der Waals surface area contributed by atoms with Crippen LogP contribution in [0.2, 0.25) is 0 Å². The first-order chi connectivity index (χ1) is 9.20.